The second-order valence-corrected chi connectivity index (χ2v) is 2.86. The van der Waals surface area contributed by atoms with Gasteiger partial charge in [-0.25, -0.2) is 4.79 Å². The Morgan fingerprint density at radius 2 is 1.93 bits per heavy atom. The van der Waals surface area contributed by atoms with E-state index in [1.54, 1.807) is 6.08 Å². The van der Waals surface area contributed by atoms with E-state index < -0.39 is 5.97 Å². The van der Waals surface area contributed by atoms with E-state index in [0.717, 1.165) is 5.56 Å². The highest BCUT2D eigenvalue weighted by Crippen LogP contribution is 2.09. The summed E-state index contributed by atoms with van der Waals surface area (Å²) < 4.78 is 0. The van der Waals surface area contributed by atoms with Gasteiger partial charge in [-0.2, -0.15) is 0 Å². The molecule has 74 valence electrons. The number of rotatable bonds is 4. The van der Waals surface area contributed by atoms with E-state index in [2.05, 4.69) is 0 Å². The molecule has 3 nitrogen and oxygen atoms in total. The van der Waals surface area contributed by atoms with Gasteiger partial charge in [0.2, 0.25) is 0 Å². The molecule has 0 aliphatic carbocycles. The third-order valence-electron chi connectivity index (χ3n) is 1.80. The Labute approximate surface area is 82.3 Å². The first-order valence-corrected chi connectivity index (χ1v) is 4.34. The molecule has 2 N–H and O–H groups in total. The van der Waals surface area contributed by atoms with Gasteiger partial charge < -0.3 is 10.2 Å². The van der Waals surface area contributed by atoms with Crippen molar-refractivity contribution in [1.29, 1.82) is 0 Å². The van der Waals surface area contributed by atoms with Gasteiger partial charge in [0.1, 0.15) is 0 Å². The van der Waals surface area contributed by atoms with Crippen LogP contribution in [0.5, 0.6) is 0 Å². The molecule has 1 rings (SSSR count). The Morgan fingerprint density at radius 3 is 2.43 bits per heavy atom. The summed E-state index contributed by atoms with van der Waals surface area (Å²) in [6, 6.07) is 9.18. The van der Waals surface area contributed by atoms with Gasteiger partial charge in [-0.3, -0.25) is 0 Å². The first kappa shape index (κ1) is 10.5. The predicted molar refractivity (Wildman–Crippen MR) is 53.8 cm³/mol. The molecule has 0 fully saturated rings. The van der Waals surface area contributed by atoms with Crippen LogP contribution in [0.3, 0.4) is 0 Å². The van der Waals surface area contributed by atoms with Crippen molar-refractivity contribution >= 4 is 12.0 Å². The van der Waals surface area contributed by atoms with Crippen LogP contribution in [0.4, 0.5) is 0 Å². The number of hydrogen-bond donors (Lipinski definition) is 2. The minimum atomic E-state index is -0.983. The van der Waals surface area contributed by atoms with Crippen LogP contribution in [0.1, 0.15) is 12.0 Å². The number of carbonyl (C=O) groups is 1. The zero-order valence-corrected chi connectivity index (χ0v) is 7.68. The van der Waals surface area contributed by atoms with Gasteiger partial charge in [0.05, 0.1) is 0 Å². The summed E-state index contributed by atoms with van der Waals surface area (Å²) in [6.45, 7) is -0.148. The Morgan fingerprint density at radius 1 is 1.29 bits per heavy atom. The zero-order valence-electron chi connectivity index (χ0n) is 7.68. The van der Waals surface area contributed by atoms with E-state index in [1.807, 2.05) is 30.3 Å². The average molecular weight is 192 g/mol. The van der Waals surface area contributed by atoms with Crippen molar-refractivity contribution in [2.45, 2.75) is 6.42 Å². The molecule has 14 heavy (non-hydrogen) atoms. The summed E-state index contributed by atoms with van der Waals surface area (Å²) in [7, 11) is 0. The standard InChI is InChI=1S/C11H12O3/c12-7-6-10(11(13)14)8-9-4-2-1-3-5-9/h1-5,8,12H,6-7H2,(H,13,14). The second kappa shape index (κ2) is 5.19. The quantitative estimate of drug-likeness (QED) is 0.711. The molecule has 0 saturated carbocycles. The largest absolute Gasteiger partial charge is 0.478 e. The van der Waals surface area contributed by atoms with Gasteiger partial charge in [-0.15, -0.1) is 0 Å². The van der Waals surface area contributed by atoms with Crippen LogP contribution in [0, 0.1) is 0 Å². The molecule has 0 heterocycles. The lowest BCUT2D eigenvalue weighted by Gasteiger charge is -1.99. The molecule has 0 atom stereocenters. The molecule has 0 amide bonds. The predicted octanol–water partition coefficient (Wildman–Crippen LogP) is 1.54. The second-order valence-electron chi connectivity index (χ2n) is 2.86. The zero-order chi connectivity index (χ0) is 10.4. The number of carboxylic acids is 1. The molecular formula is C11H12O3. The third kappa shape index (κ3) is 3.03. The first-order chi connectivity index (χ1) is 6.74. The van der Waals surface area contributed by atoms with E-state index in [4.69, 9.17) is 10.2 Å². The van der Waals surface area contributed by atoms with Crippen LogP contribution in [0.15, 0.2) is 35.9 Å². The molecule has 3 heteroatoms. The summed E-state index contributed by atoms with van der Waals surface area (Å²) in [5.74, 6) is -0.983. The molecule has 0 spiro atoms. The smallest absolute Gasteiger partial charge is 0.331 e. The Hall–Kier alpha value is -1.61. The van der Waals surface area contributed by atoms with E-state index in [1.165, 1.54) is 0 Å². The summed E-state index contributed by atoms with van der Waals surface area (Å²) in [5, 5.41) is 17.4. The molecule has 1 aromatic carbocycles. The Kier molecular flexibility index (Phi) is 3.88. The number of hydrogen-bond acceptors (Lipinski definition) is 2. The minimum Gasteiger partial charge on any atom is -0.478 e. The molecule has 0 bridgehead atoms. The molecule has 0 aliphatic heterocycles. The lowest BCUT2D eigenvalue weighted by atomic mass is 10.1. The molecule has 0 aromatic heterocycles. The monoisotopic (exact) mass is 192 g/mol. The minimum absolute atomic E-state index is 0.148. The van der Waals surface area contributed by atoms with Gasteiger partial charge in [-0.1, -0.05) is 30.3 Å². The van der Waals surface area contributed by atoms with Crippen molar-refractivity contribution in [3.8, 4) is 0 Å². The summed E-state index contributed by atoms with van der Waals surface area (Å²) in [4.78, 5) is 10.7. The van der Waals surface area contributed by atoms with Crippen molar-refractivity contribution in [2.75, 3.05) is 6.61 Å². The summed E-state index contributed by atoms with van der Waals surface area (Å²) in [5.41, 5.74) is 1.05. The maximum atomic E-state index is 10.7. The van der Waals surface area contributed by atoms with Gasteiger partial charge >= 0.3 is 5.97 Å². The normalized spacial score (nSPS) is 11.4. The number of aliphatic hydroxyl groups excluding tert-OH is 1. The van der Waals surface area contributed by atoms with E-state index in [0.29, 0.717) is 0 Å². The molecular weight excluding hydrogens is 180 g/mol. The van der Waals surface area contributed by atoms with Gasteiger partial charge in [0, 0.05) is 18.6 Å². The van der Waals surface area contributed by atoms with Crippen molar-refractivity contribution in [2.24, 2.45) is 0 Å². The summed E-state index contributed by atoms with van der Waals surface area (Å²) in [6.07, 6.45) is 1.74. The fourth-order valence-electron chi connectivity index (χ4n) is 1.11. The number of aliphatic hydroxyl groups is 1. The van der Waals surface area contributed by atoms with Crippen molar-refractivity contribution in [3.05, 3.63) is 41.5 Å². The number of aliphatic carboxylic acids is 1. The fraction of sp³-hybridized carbons (Fsp3) is 0.182. The van der Waals surface area contributed by atoms with Crippen molar-refractivity contribution in [3.63, 3.8) is 0 Å². The fourth-order valence-corrected chi connectivity index (χ4v) is 1.11. The van der Waals surface area contributed by atoms with Crippen LogP contribution in [0.2, 0.25) is 0 Å². The third-order valence-corrected chi connectivity index (χ3v) is 1.80. The van der Waals surface area contributed by atoms with Crippen LogP contribution >= 0.6 is 0 Å². The highest BCUT2D eigenvalue weighted by Gasteiger charge is 2.05. The molecule has 0 saturated heterocycles. The SMILES string of the molecule is O=C(O)C(=Cc1ccccc1)CCO. The number of benzene rings is 1. The van der Waals surface area contributed by atoms with Gasteiger partial charge in [-0.05, 0) is 11.6 Å². The van der Waals surface area contributed by atoms with Gasteiger partial charge in [0.25, 0.3) is 0 Å². The molecule has 1 aromatic rings. The number of carboxylic acid groups (broad SMARTS) is 1. The van der Waals surface area contributed by atoms with E-state index >= 15 is 0 Å². The van der Waals surface area contributed by atoms with Crippen LogP contribution in [-0.4, -0.2) is 22.8 Å². The highest BCUT2D eigenvalue weighted by molar-refractivity contribution is 5.92. The molecule has 0 radical (unpaired) electrons. The van der Waals surface area contributed by atoms with Crippen LogP contribution in [-0.2, 0) is 4.79 Å². The van der Waals surface area contributed by atoms with E-state index in [-0.39, 0.29) is 18.6 Å². The van der Waals surface area contributed by atoms with Crippen molar-refractivity contribution in [1.82, 2.24) is 0 Å². The van der Waals surface area contributed by atoms with Crippen LogP contribution in [0.25, 0.3) is 6.08 Å². The highest BCUT2D eigenvalue weighted by atomic mass is 16.4. The topological polar surface area (TPSA) is 57.5 Å². The molecule has 0 aliphatic rings. The first-order valence-electron chi connectivity index (χ1n) is 4.34. The van der Waals surface area contributed by atoms with E-state index in [9.17, 15) is 4.79 Å². The maximum Gasteiger partial charge on any atom is 0.331 e. The molecule has 0 unspecified atom stereocenters. The lowest BCUT2D eigenvalue weighted by Crippen LogP contribution is -2.02. The lowest BCUT2D eigenvalue weighted by molar-refractivity contribution is -0.132. The Balaban J connectivity index is 2.88. The van der Waals surface area contributed by atoms with Gasteiger partial charge in [0.15, 0.2) is 0 Å². The van der Waals surface area contributed by atoms with Crippen molar-refractivity contribution < 1.29 is 15.0 Å². The Bertz CT molecular complexity index is 328. The maximum absolute atomic E-state index is 10.7. The average Bonchev–Trinajstić information content (AvgIpc) is 2.18. The van der Waals surface area contributed by atoms with Crippen LogP contribution < -0.4 is 0 Å². The summed E-state index contributed by atoms with van der Waals surface area (Å²) >= 11 is 0.